The minimum atomic E-state index is -5.22. The van der Waals surface area contributed by atoms with Crippen molar-refractivity contribution in [2.45, 2.75) is 25.8 Å². The zero-order chi connectivity index (χ0) is 16.3. The Labute approximate surface area is 119 Å². The van der Waals surface area contributed by atoms with Gasteiger partial charge in [0.1, 0.15) is 11.3 Å². The molecule has 1 unspecified atom stereocenters. The van der Waals surface area contributed by atoms with Gasteiger partial charge in [-0.25, -0.2) is 4.79 Å². The zero-order valence-electron chi connectivity index (χ0n) is 11.5. The predicted octanol–water partition coefficient (Wildman–Crippen LogP) is 2.77. The van der Waals surface area contributed by atoms with Gasteiger partial charge in [-0.3, -0.25) is 0 Å². The van der Waals surface area contributed by atoms with Crippen LogP contribution in [0.25, 0.3) is 0 Å². The third-order valence-corrected chi connectivity index (χ3v) is 2.62. The van der Waals surface area contributed by atoms with Crippen LogP contribution in [0.5, 0.6) is 0 Å². The molecule has 7 heteroatoms. The Morgan fingerprint density at radius 2 is 2.19 bits per heavy atom. The van der Waals surface area contributed by atoms with Crippen LogP contribution < -0.4 is 0 Å². The number of carbonyl (C=O) groups is 1. The van der Waals surface area contributed by atoms with Gasteiger partial charge >= 0.3 is 17.9 Å². The Morgan fingerprint density at radius 3 is 2.62 bits per heavy atom. The standard InChI is InChI=1S/C14H15F3O4/c1-4-7-9-8-10(12(18)20-6-3)13(19,14(15,16)17)21-11(9)5-2/h4-5,7-8,19H,2,6H2,1,3H3/b7-4-. The van der Waals surface area contributed by atoms with E-state index >= 15 is 0 Å². The minimum absolute atomic E-state index is 0.138. The Hall–Kier alpha value is -2.02. The number of halogens is 3. The SMILES string of the molecule is C=CC1=C(/C=C\C)C=C(C(=O)OCC)C(O)(C(F)(F)F)O1. The van der Waals surface area contributed by atoms with Crippen molar-refractivity contribution in [3.05, 3.63) is 47.8 Å². The molecule has 21 heavy (non-hydrogen) atoms. The van der Waals surface area contributed by atoms with Gasteiger partial charge in [0.25, 0.3) is 0 Å². The highest BCUT2D eigenvalue weighted by atomic mass is 19.4. The molecule has 0 fully saturated rings. The third kappa shape index (κ3) is 3.18. The van der Waals surface area contributed by atoms with Gasteiger partial charge in [0.2, 0.25) is 0 Å². The summed E-state index contributed by atoms with van der Waals surface area (Å²) < 4.78 is 48.5. The first-order chi connectivity index (χ1) is 9.71. The summed E-state index contributed by atoms with van der Waals surface area (Å²) >= 11 is 0. The van der Waals surface area contributed by atoms with E-state index in [1.807, 2.05) is 0 Å². The summed E-state index contributed by atoms with van der Waals surface area (Å²) in [5, 5.41) is 9.83. The second-order valence-corrected chi connectivity index (χ2v) is 4.05. The van der Waals surface area contributed by atoms with Gasteiger partial charge in [-0.1, -0.05) is 18.7 Å². The molecule has 0 aromatic carbocycles. The maximum atomic E-state index is 13.1. The number of hydrogen-bond acceptors (Lipinski definition) is 4. The summed E-state index contributed by atoms with van der Waals surface area (Å²) in [5.41, 5.74) is -0.861. The summed E-state index contributed by atoms with van der Waals surface area (Å²) in [4.78, 5) is 11.7. The normalized spacial score (nSPS) is 22.9. The van der Waals surface area contributed by atoms with Crippen molar-refractivity contribution in [3.8, 4) is 0 Å². The molecule has 4 nitrogen and oxygen atoms in total. The Bertz CT molecular complexity index is 529. The Kier molecular flexibility index (Phi) is 5.01. The molecule has 0 bridgehead atoms. The molecule has 1 heterocycles. The molecule has 0 aliphatic carbocycles. The lowest BCUT2D eigenvalue weighted by molar-refractivity contribution is -0.334. The molecule has 1 rings (SSSR count). The molecule has 116 valence electrons. The van der Waals surface area contributed by atoms with Crippen molar-refractivity contribution in [1.82, 2.24) is 0 Å². The van der Waals surface area contributed by atoms with Gasteiger partial charge in [0, 0.05) is 5.57 Å². The first-order valence-corrected chi connectivity index (χ1v) is 6.08. The van der Waals surface area contributed by atoms with E-state index in [2.05, 4.69) is 16.1 Å². The van der Waals surface area contributed by atoms with Crippen molar-refractivity contribution >= 4 is 5.97 Å². The van der Waals surface area contributed by atoms with Crippen LogP contribution in [-0.2, 0) is 14.3 Å². The van der Waals surface area contributed by atoms with E-state index in [4.69, 9.17) is 0 Å². The van der Waals surface area contributed by atoms with Crippen molar-refractivity contribution < 1.29 is 32.5 Å². The number of rotatable bonds is 4. The summed E-state index contributed by atoms with van der Waals surface area (Å²) in [5.74, 6) is -5.36. The Morgan fingerprint density at radius 1 is 1.57 bits per heavy atom. The van der Waals surface area contributed by atoms with E-state index in [0.29, 0.717) is 0 Å². The summed E-state index contributed by atoms with van der Waals surface area (Å²) in [6.45, 7) is 6.26. The van der Waals surface area contributed by atoms with E-state index < -0.39 is 23.5 Å². The van der Waals surface area contributed by atoms with E-state index in [9.17, 15) is 23.1 Å². The largest absolute Gasteiger partial charge is 0.462 e. The van der Waals surface area contributed by atoms with E-state index in [0.717, 1.165) is 12.2 Å². The molecular formula is C14H15F3O4. The fraction of sp³-hybridized carbons (Fsp3) is 0.357. The van der Waals surface area contributed by atoms with Crippen LogP contribution in [0.1, 0.15) is 13.8 Å². The van der Waals surface area contributed by atoms with Crippen LogP contribution in [-0.4, -0.2) is 29.6 Å². The highest BCUT2D eigenvalue weighted by molar-refractivity contribution is 5.92. The number of alkyl halides is 3. The number of esters is 1. The van der Waals surface area contributed by atoms with E-state index in [1.165, 1.54) is 13.0 Å². The number of allylic oxidation sites excluding steroid dienone is 5. The lowest BCUT2D eigenvalue weighted by atomic mass is 9.97. The maximum absolute atomic E-state index is 13.1. The summed E-state index contributed by atoms with van der Waals surface area (Å²) in [6.07, 6.45) is -0.358. The molecule has 1 aliphatic rings. The first kappa shape index (κ1) is 17.0. The number of ether oxygens (including phenoxy) is 2. The number of aliphatic hydroxyl groups is 1. The number of carbonyl (C=O) groups excluding carboxylic acids is 1. The van der Waals surface area contributed by atoms with Crippen LogP contribution >= 0.6 is 0 Å². The van der Waals surface area contributed by atoms with Crippen LogP contribution in [0.4, 0.5) is 13.2 Å². The lowest BCUT2D eigenvalue weighted by Crippen LogP contribution is -2.52. The molecule has 0 aromatic heterocycles. The highest BCUT2D eigenvalue weighted by Crippen LogP contribution is 2.43. The lowest BCUT2D eigenvalue weighted by Gasteiger charge is -2.35. The first-order valence-electron chi connectivity index (χ1n) is 6.08. The van der Waals surface area contributed by atoms with Crippen molar-refractivity contribution in [2.24, 2.45) is 0 Å². The molecule has 0 saturated heterocycles. The van der Waals surface area contributed by atoms with Crippen molar-refractivity contribution in [3.63, 3.8) is 0 Å². The van der Waals surface area contributed by atoms with Crippen molar-refractivity contribution in [1.29, 1.82) is 0 Å². The highest BCUT2D eigenvalue weighted by Gasteiger charge is 2.63. The van der Waals surface area contributed by atoms with Gasteiger partial charge in [0.15, 0.2) is 0 Å². The molecule has 1 atom stereocenters. The van der Waals surface area contributed by atoms with Crippen LogP contribution in [0.15, 0.2) is 47.8 Å². The second-order valence-electron chi connectivity index (χ2n) is 4.05. The molecule has 0 saturated carbocycles. The average Bonchev–Trinajstić information content (AvgIpc) is 2.39. The quantitative estimate of drug-likeness (QED) is 0.811. The fourth-order valence-electron chi connectivity index (χ4n) is 1.68. The molecular weight excluding hydrogens is 289 g/mol. The minimum Gasteiger partial charge on any atom is -0.462 e. The van der Waals surface area contributed by atoms with Gasteiger partial charge in [-0.2, -0.15) is 13.2 Å². The predicted molar refractivity (Wildman–Crippen MR) is 68.8 cm³/mol. The van der Waals surface area contributed by atoms with Gasteiger partial charge in [0.05, 0.1) is 6.61 Å². The fourth-order valence-corrected chi connectivity index (χ4v) is 1.68. The Balaban J connectivity index is 3.48. The summed E-state index contributed by atoms with van der Waals surface area (Å²) in [6, 6.07) is 0. The van der Waals surface area contributed by atoms with Crippen LogP contribution in [0, 0.1) is 0 Å². The summed E-state index contributed by atoms with van der Waals surface area (Å²) in [7, 11) is 0. The average molecular weight is 304 g/mol. The monoisotopic (exact) mass is 304 g/mol. The molecule has 1 aliphatic heterocycles. The topological polar surface area (TPSA) is 55.8 Å². The van der Waals surface area contributed by atoms with Gasteiger partial charge < -0.3 is 14.6 Å². The molecule has 0 radical (unpaired) electrons. The smallest absolute Gasteiger partial charge is 0.460 e. The maximum Gasteiger partial charge on any atom is 0.460 e. The van der Waals surface area contributed by atoms with Crippen molar-refractivity contribution in [2.75, 3.05) is 6.61 Å². The molecule has 0 spiro atoms. The van der Waals surface area contributed by atoms with E-state index in [-0.39, 0.29) is 17.9 Å². The third-order valence-electron chi connectivity index (χ3n) is 2.62. The molecule has 0 amide bonds. The second kappa shape index (κ2) is 6.17. The van der Waals surface area contributed by atoms with E-state index in [1.54, 1.807) is 13.0 Å². The van der Waals surface area contributed by atoms with Gasteiger partial charge in [-0.05, 0) is 26.0 Å². The number of hydrogen-bond donors (Lipinski definition) is 1. The van der Waals surface area contributed by atoms with Crippen LogP contribution in [0.3, 0.4) is 0 Å². The van der Waals surface area contributed by atoms with Crippen LogP contribution in [0.2, 0.25) is 0 Å². The van der Waals surface area contributed by atoms with Gasteiger partial charge in [-0.15, -0.1) is 0 Å². The molecule has 1 N–H and O–H groups in total. The molecule has 0 aromatic rings. The zero-order valence-corrected chi connectivity index (χ0v) is 11.5.